The molecular weight excluding hydrogens is 354 g/mol. The standard InChI is InChI=1S/C14H18BrN3O2S/c1-2-16-7-4-8-21(19,20)18-13-6-3-5-11-9-12(15)10-17-14(11)13/h3,5-6,9-10,16,18H,2,4,7-8H2,1H3. The second kappa shape index (κ2) is 7.20. The number of nitrogens with one attached hydrogen (secondary N) is 2. The van der Waals surface area contributed by atoms with Gasteiger partial charge in [-0.15, -0.1) is 0 Å². The van der Waals surface area contributed by atoms with Crippen LogP contribution in [0.3, 0.4) is 0 Å². The van der Waals surface area contributed by atoms with Crippen molar-refractivity contribution in [1.29, 1.82) is 0 Å². The summed E-state index contributed by atoms with van der Waals surface area (Å²) < 4.78 is 27.7. The highest BCUT2D eigenvalue weighted by molar-refractivity contribution is 9.10. The number of hydrogen-bond donors (Lipinski definition) is 2. The van der Waals surface area contributed by atoms with Gasteiger partial charge in [-0.2, -0.15) is 0 Å². The molecular formula is C14H18BrN3O2S. The average molecular weight is 372 g/mol. The summed E-state index contributed by atoms with van der Waals surface area (Å²) in [7, 11) is -3.36. The Morgan fingerprint density at radius 1 is 1.33 bits per heavy atom. The molecule has 2 rings (SSSR count). The first-order valence-electron chi connectivity index (χ1n) is 6.77. The molecule has 0 saturated heterocycles. The normalized spacial score (nSPS) is 11.7. The van der Waals surface area contributed by atoms with E-state index >= 15 is 0 Å². The molecule has 0 bridgehead atoms. The maximum atomic E-state index is 12.1. The van der Waals surface area contributed by atoms with Crippen LogP contribution in [-0.2, 0) is 10.0 Å². The van der Waals surface area contributed by atoms with Crippen LogP contribution in [0.4, 0.5) is 5.69 Å². The summed E-state index contributed by atoms with van der Waals surface area (Å²) in [6.45, 7) is 3.53. The van der Waals surface area contributed by atoms with Gasteiger partial charge in [-0.25, -0.2) is 8.42 Å². The van der Waals surface area contributed by atoms with Gasteiger partial charge in [0, 0.05) is 16.1 Å². The topological polar surface area (TPSA) is 71.1 Å². The zero-order valence-electron chi connectivity index (χ0n) is 11.8. The third-order valence-corrected chi connectivity index (χ3v) is 4.75. The highest BCUT2D eigenvalue weighted by atomic mass is 79.9. The van der Waals surface area contributed by atoms with E-state index in [1.807, 2.05) is 25.1 Å². The first-order chi connectivity index (χ1) is 10.0. The van der Waals surface area contributed by atoms with Gasteiger partial charge in [-0.1, -0.05) is 19.1 Å². The van der Waals surface area contributed by atoms with E-state index in [1.165, 1.54) is 0 Å². The number of sulfonamides is 1. The monoisotopic (exact) mass is 371 g/mol. The summed E-state index contributed by atoms with van der Waals surface area (Å²) in [6, 6.07) is 7.35. The van der Waals surface area contributed by atoms with Gasteiger partial charge < -0.3 is 5.32 Å². The molecule has 0 aliphatic rings. The molecule has 0 aliphatic heterocycles. The van der Waals surface area contributed by atoms with Crippen molar-refractivity contribution in [1.82, 2.24) is 10.3 Å². The largest absolute Gasteiger partial charge is 0.317 e. The molecule has 0 aliphatic carbocycles. The Morgan fingerprint density at radius 2 is 2.14 bits per heavy atom. The molecule has 0 atom stereocenters. The highest BCUT2D eigenvalue weighted by Gasteiger charge is 2.12. The number of aromatic nitrogens is 1. The van der Waals surface area contributed by atoms with Crippen molar-refractivity contribution in [2.75, 3.05) is 23.6 Å². The predicted octanol–water partition coefficient (Wildman–Crippen LogP) is 2.74. The van der Waals surface area contributed by atoms with E-state index in [1.54, 1.807) is 12.3 Å². The molecule has 7 heteroatoms. The highest BCUT2D eigenvalue weighted by Crippen LogP contribution is 2.24. The second-order valence-corrected chi connectivity index (χ2v) is 7.42. The Kier molecular flexibility index (Phi) is 5.55. The zero-order chi connectivity index (χ0) is 15.3. The minimum absolute atomic E-state index is 0.0902. The van der Waals surface area contributed by atoms with E-state index in [0.717, 1.165) is 16.4 Å². The van der Waals surface area contributed by atoms with E-state index < -0.39 is 10.0 Å². The third kappa shape index (κ3) is 4.66. The van der Waals surface area contributed by atoms with Gasteiger partial charge >= 0.3 is 0 Å². The SMILES string of the molecule is CCNCCCS(=O)(=O)Nc1cccc2cc(Br)cnc12. The molecule has 0 radical (unpaired) electrons. The van der Waals surface area contributed by atoms with E-state index in [2.05, 4.69) is 31.0 Å². The van der Waals surface area contributed by atoms with Crippen LogP contribution in [0.1, 0.15) is 13.3 Å². The van der Waals surface area contributed by atoms with E-state index in [9.17, 15) is 8.42 Å². The number of fused-ring (bicyclic) bond motifs is 1. The van der Waals surface area contributed by atoms with Gasteiger partial charge in [0.25, 0.3) is 0 Å². The lowest BCUT2D eigenvalue weighted by atomic mass is 10.2. The van der Waals surface area contributed by atoms with E-state index in [-0.39, 0.29) is 5.75 Å². The molecule has 5 nitrogen and oxygen atoms in total. The van der Waals surface area contributed by atoms with Crippen LogP contribution in [0.25, 0.3) is 10.9 Å². The summed E-state index contributed by atoms with van der Waals surface area (Å²) in [4.78, 5) is 4.29. The maximum Gasteiger partial charge on any atom is 0.232 e. The first kappa shape index (κ1) is 16.2. The molecule has 0 fully saturated rings. The van der Waals surface area contributed by atoms with E-state index in [0.29, 0.717) is 24.2 Å². The van der Waals surface area contributed by atoms with Crippen LogP contribution in [0.15, 0.2) is 34.9 Å². The molecule has 0 amide bonds. The van der Waals surface area contributed by atoms with E-state index in [4.69, 9.17) is 0 Å². The van der Waals surface area contributed by atoms with Crippen LogP contribution in [0, 0.1) is 0 Å². The zero-order valence-corrected chi connectivity index (χ0v) is 14.2. The minimum atomic E-state index is -3.36. The average Bonchev–Trinajstić information content (AvgIpc) is 2.43. The molecule has 1 heterocycles. The second-order valence-electron chi connectivity index (χ2n) is 4.66. The number of para-hydroxylation sites is 1. The molecule has 0 saturated carbocycles. The van der Waals surface area contributed by atoms with Crippen molar-refractivity contribution in [3.05, 3.63) is 34.9 Å². The van der Waals surface area contributed by atoms with Gasteiger partial charge in [-0.05, 0) is 47.6 Å². The Bertz CT molecular complexity index is 719. The lowest BCUT2D eigenvalue weighted by molar-refractivity contribution is 0.595. The van der Waals surface area contributed by atoms with Crippen LogP contribution in [0.2, 0.25) is 0 Å². The Hall–Kier alpha value is -1.18. The van der Waals surface area contributed by atoms with Gasteiger partial charge in [0.2, 0.25) is 10.0 Å². The summed E-state index contributed by atoms with van der Waals surface area (Å²) >= 11 is 3.36. The van der Waals surface area contributed by atoms with Crippen LogP contribution < -0.4 is 10.0 Å². The fourth-order valence-corrected chi connectivity index (χ4v) is 3.47. The number of benzene rings is 1. The number of halogens is 1. The molecule has 1 aromatic carbocycles. The van der Waals surface area contributed by atoms with Gasteiger partial charge in [0.05, 0.1) is 17.0 Å². The summed E-state index contributed by atoms with van der Waals surface area (Å²) in [5, 5.41) is 4.00. The van der Waals surface area contributed by atoms with Crippen molar-refractivity contribution >= 4 is 42.5 Å². The third-order valence-electron chi connectivity index (χ3n) is 2.96. The fraction of sp³-hybridized carbons (Fsp3) is 0.357. The number of hydrogen-bond acceptors (Lipinski definition) is 4. The quantitative estimate of drug-likeness (QED) is 0.734. The maximum absolute atomic E-state index is 12.1. The number of rotatable bonds is 7. The number of anilines is 1. The van der Waals surface area contributed by atoms with Gasteiger partial charge in [-0.3, -0.25) is 9.71 Å². The Labute approximate surface area is 133 Å². The summed E-state index contributed by atoms with van der Waals surface area (Å²) in [5.41, 5.74) is 1.17. The van der Waals surface area contributed by atoms with Crippen LogP contribution in [-0.4, -0.2) is 32.2 Å². The molecule has 2 aromatic rings. The van der Waals surface area contributed by atoms with Gasteiger partial charge in [0.1, 0.15) is 0 Å². The molecule has 2 N–H and O–H groups in total. The Balaban J connectivity index is 2.15. The molecule has 0 spiro atoms. The van der Waals surface area contributed by atoms with Crippen LogP contribution in [0.5, 0.6) is 0 Å². The molecule has 0 unspecified atom stereocenters. The van der Waals surface area contributed by atoms with Gasteiger partial charge in [0.15, 0.2) is 0 Å². The minimum Gasteiger partial charge on any atom is -0.317 e. The number of nitrogens with zero attached hydrogens (tertiary/aromatic N) is 1. The molecule has 21 heavy (non-hydrogen) atoms. The fourth-order valence-electron chi connectivity index (χ4n) is 2.00. The van der Waals surface area contributed by atoms with Crippen molar-refractivity contribution in [3.63, 3.8) is 0 Å². The Morgan fingerprint density at radius 3 is 2.90 bits per heavy atom. The molecule has 114 valence electrons. The van der Waals surface area contributed by atoms with Crippen molar-refractivity contribution in [2.45, 2.75) is 13.3 Å². The van der Waals surface area contributed by atoms with Crippen LogP contribution >= 0.6 is 15.9 Å². The lowest BCUT2D eigenvalue weighted by Gasteiger charge is -2.10. The lowest BCUT2D eigenvalue weighted by Crippen LogP contribution is -2.22. The predicted molar refractivity (Wildman–Crippen MR) is 90.0 cm³/mol. The van der Waals surface area contributed by atoms with Crippen molar-refractivity contribution < 1.29 is 8.42 Å². The first-order valence-corrected chi connectivity index (χ1v) is 9.22. The van der Waals surface area contributed by atoms with Crippen molar-refractivity contribution in [3.8, 4) is 0 Å². The molecule has 1 aromatic heterocycles. The summed E-state index contributed by atoms with van der Waals surface area (Å²) in [5.74, 6) is 0.0902. The number of pyridine rings is 1. The smallest absolute Gasteiger partial charge is 0.232 e. The summed E-state index contributed by atoms with van der Waals surface area (Å²) in [6.07, 6.45) is 2.23. The van der Waals surface area contributed by atoms with Crippen molar-refractivity contribution in [2.24, 2.45) is 0 Å².